The van der Waals surface area contributed by atoms with E-state index in [1.54, 1.807) is 30.0 Å². The van der Waals surface area contributed by atoms with Gasteiger partial charge >= 0.3 is 0 Å². The van der Waals surface area contributed by atoms with Crippen LogP contribution in [0.15, 0.2) is 18.2 Å². The Bertz CT molecular complexity index is 824. The minimum Gasteiger partial charge on any atom is -0.336 e. The number of fused-ring (bicyclic) bond motifs is 1. The average molecular weight is 365 g/mol. The second kappa shape index (κ2) is 6.10. The van der Waals surface area contributed by atoms with Gasteiger partial charge in [-0.15, -0.1) is 0 Å². The number of rotatable bonds is 3. The summed E-state index contributed by atoms with van der Waals surface area (Å²) in [5.41, 5.74) is 1.41. The molecule has 0 spiro atoms. The molecule has 1 N–H and O–H groups in total. The first kappa shape index (κ1) is 17.9. The number of hydrogen-bond acceptors (Lipinski definition) is 4. The number of amides is 2. The third-order valence-corrected chi connectivity index (χ3v) is 6.92. The molecule has 3 rings (SSSR count). The molecule has 1 saturated heterocycles. The fourth-order valence-electron chi connectivity index (χ4n) is 3.24. The molecule has 2 aliphatic rings. The fourth-order valence-corrected chi connectivity index (χ4v) is 4.32. The molecule has 136 valence electrons. The predicted molar refractivity (Wildman–Crippen MR) is 95.0 cm³/mol. The van der Waals surface area contributed by atoms with Crippen LogP contribution in [0.1, 0.15) is 36.7 Å². The van der Waals surface area contributed by atoms with Gasteiger partial charge in [-0.25, -0.2) is 8.42 Å². The summed E-state index contributed by atoms with van der Waals surface area (Å²) >= 11 is 0. The third-order valence-electron chi connectivity index (χ3n) is 5.04. The molecule has 2 heterocycles. The third kappa shape index (κ3) is 3.04. The normalized spacial score (nSPS) is 20.3. The number of sulfonamides is 1. The molecular weight excluding hydrogens is 342 g/mol. The van der Waals surface area contributed by atoms with Crippen LogP contribution in [0.3, 0.4) is 0 Å². The van der Waals surface area contributed by atoms with Crippen molar-refractivity contribution in [3.05, 3.63) is 29.3 Å². The van der Waals surface area contributed by atoms with Gasteiger partial charge < -0.3 is 10.2 Å². The van der Waals surface area contributed by atoms with Crippen molar-refractivity contribution in [3.63, 3.8) is 0 Å². The fraction of sp³-hybridized carbons (Fsp3) is 0.529. The van der Waals surface area contributed by atoms with Crippen molar-refractivity contribution in [2.45, 2.75) is 26.2 Å². The van der Waals surface area contributed by atoms with Crippen LogP contribution in [0.5, 0.6) is 0 Å². The highest BCUT2D eigenvalue weighted by molar-refractivity contribution is 7.89. The highest BCUT2D eigenvalue weighted by Crippen LogP contribution is 2.37. The van der Waals surface area contributed by atoms with Crippen LogP contribution in [0.4, 0.5) is 5.69 Å². The lowest BCUT2D eigenvalue weighted by molar-refractivity contribution is -0.119. The van der Waals surface area contributed by atoms with Crippen molar-refractivity contribution in [2.75, 3.05) is 37.2 Å². The second-order valence-electron chi connectivity index (χ2n) is 6.93. The lowest BCUT2D eigenvalue weighted by Crippen LogP contribution is -2.50. The molecule has 1 aromatic rings. The molecule has 25 heavy (non-hydrogen) atoms. The van der Waals surface area contributed by atoms with Crippen LogP contribution >= 0.6 is 0 Å². The molecule has 0 aromatic heterocycles. The monoisotopic (exact) mass is 365 g/mol. The maximum Gasteiger partial charge on any atom is 0.253 e. The van der Waals surface area contributed by atoms with Gasteiger partial charge in [-0.1, -0.05) is 0 Å². The molecule has 8 heteroatoms. The Labute approximate surface area is 148 Å². The first-order valence-electron chi connectivity index (χ1n) is 8.40. The smallest absolute Gasteiger partial charge is 0.253 e. The quantitative estimate of drug-likeness (QED) is 0.867. The summed E-state index contributed by atoms with van der Waals surface area (Å²) < 4.78 is 25.3. The van der Waals surface area contributed by atoms with Gasteiger partial charge in [0.05, 0.1) is 11.2 Å². The van der Waals surface area contributed by atoms with Crippen LogP contribution in [-0.4, -0.2) is 61.4 Å². The van der Waals surface area contributed by atoms with Crippen LogP contribution in [0.2, 0.25) is 0 Å². The van der Waals surface area contributed by atoms with E-state index in [0.717, 1.165) is 11.3 Å². The molecule has 0 radical (unpaired) electrons. The van der Waals surface area contributed by atoms with Gasteiger partial charge in [0.2, 0.25) is 15.9 Å². The van der Waals surface area contributed by atoms with Gasteiger partial charge in [0.25, 0.3) is 5.91 Å². The number of anilines is 1. The molecule has 7 nitrogen and oxygen atoms in total. The molecule has 2 aliphatic heterocycles. The van der Waals surface area contributed by atoms with Crippen molar-refractivity contribution < 1.29 is 18.0 Å². The highest BCUT2D eigenvalue weighted by atomic mass is 32.2. The van der Waals surface area contributed by atoms with E-state index in [1.165, 1.54) is 4.31 Å². The van der Waals surface area contributed by atoms with E-state index in [-0.39, 0.29) is 17.6 Å². The molecule has 0 aliphatic carbocycles. The van der Waals surface area contributed by atoms with Gasteiger partial charge in [0.15, 0.2) is 0 Å². The molecule has 2 amide bonds. The average Bonchev–Trinajstić information content (AvgIpc) is 2.83. The maximum atomic E-state index is 12.8. The van der Waals surface area contributed by atoms with Gasteiger partial charge in [0, 0.05) is 37.4 Å². The predicted octanol–water partition coefficient (Wildman–Crippen LogP) is 1.02. The Morgan fingerprint density at radius 1 is 1.20 bits per heavy atom. The SMILES string of the molecule is CCS(=O)(=O)N1CCN(C(=O)c2ccc3c(c2)C(C)(C)C(=O)N3)CC1. The van der Waals surface area contributed by atoms with Crippen molar-refractivity contribution in [2.24, 2.45) is 0 Å². The number of nitrogens with zero attached hydrogens (tertiary/aromatic N) is 2. The Kier molecular flexibility index (Phi) is 4.36. The van der Waals surface area contributed by atoms with Gasteiger partial charge in [0.1, 0.15) is 0 Å². The molecular formula is C17H23N3O4S. The molecule has 0 bridgehead atoms. The Balaban J connectivity index is 1.76. The summed E-state index contributed by atoms with van der Waals surface area (Å²) in [6.07, 6.45) is 0. The molecule has 0 atom stereocenters. The topological polar surface area (TPSA) is 86.8 Å². The minimum absolute atomic E-state index is 0.0713. The molecule has 1 aromatic carbocycles. The summed E-state index contributed by atoms with van der Waals surface area (Å²) in [7, 11) is -3.21. The summed E-state index contributed by atoms with van der Waals surface area (Å²) in [6.45, 7) is 6.66. The largest absolute Gasteiger partial charge is 0.336 e. The van der Waals surface area contributed by atoms with Crippen molar-refractivity contribution in [1.29, 1.82) is 0 Å². The van der Waals surface area contributed by atoms with Crippen molar-refractivity contribution in [3.8, 4) is 0 Å². The standard InChI is InChI=1S/C17H23N3O4S/c1-4-25(23,24)20-9-7-19(8-10-20)15(21)12-5-6-14-13(11-12)17(2,3)16(22)18-14/h5-6,11H,4,7-10H2,1-3H3,(H,18,22). The number of carbonyl (C=O) groups excluding carboxylic acids is 2. The number of benzene rings is 1. The molecule has 0 saturated carbocycles. The van der Waals surface area contributed by atoms with E-state index >= 15 is 0 Å². The summed E-state index contributed by atoms with van der Waals surface area (Å²) in [5, 5.41) is 2.82. The Morgan fingerprint density at radius 2 is 1.84 bits per heavy atom. The first-order valence-corrected chi connectivity index (χ1v) is 10.0. The highest BCUT2D eigenvalue weighted by Gasteiger charge is 2.39. The summed E-state index contributed by atoms with van der Waals surface area (Å²) in [4.78, 5) is 26.5. The Morgan fingerprint density at radius 3 is 2.44 bits per heavy atom. The van der Waals surface area contributed by atoms with Gasteiger partial charge in [-0.05, 0) is 44.5 Å². The number of carbonyl (C=O) groups is 2. The lowest BCUT2D eigenvalue weighted by Gasteiger charge is -2.34. The van der Waals surface area contributed by atoms with E-state index in [9.17, 15) is 18.0 Å². The number of piperazine rings is 1. The molecule has 0 unspecified atom stereocenters. The van der Waals surface area contributed by atoms with E-state index in [1.807, 2.05) is 13.8 Å². The minimum atomic E-state index is -3.21. The van der Waals surface area contributed by atoms with Gasteiger partial charge in [-0.2, -0.15) is 4.31 Å². The zero-order valence-electron chi connectivity index (χ0n) is 14.7. The van der Waals surface area contributed by atoms with E-state index in [2.05, 4.69) is 5.32 Å². The zero-order chi connectivity index (χ0) is 18.4. The van der Waals surface area contributed by atoms with Crippen LogP contribution in [0, 0.1) is 0 Å². The Hall–Kier alpha value is -1.93. The number of hydrogen-bond donors (Lipinski definition) is 1. The van der Waals surface area contributed by atoms with E-state index < -0.39 is 15.4 Å². The van der Waals surface area contributed by atoms with Crippen LogP contribution in [0.25, 0.3) is 0 Å². The van der Waals surface area contributed by atoms with Gasteiger partial charge in [-0.3, -0.25) is 9.59 Å². The van der Waals surface area contributed by atoms with E-state index in [4.69, 9.17) is 0 Å². The van der Waals surface area contributed by atoms with Crippen molar-refractivity contribution >= 4 is 27.5 Å². The summed E-state index contributed by atoms with van der Waals surface area (Å²) in [5.74, 6) is -0.140. The summed E-state index contributed by atoms with van der Waals surface area (Å²) in [6, 6.07) is 5.23. The van der Waals surface area contributed by atoms with Crippen LogP contribution in [-0.2, 0) is 20.2 Å². The van der Waals surface area contributed by atoms with Crippen LogP contribution < -0.4 is 5.32 Å². The second-order valence-corrected chi connectivity index (χ2v) is 9.19. The zero-order valence-corrected chi connectivity index (χ0v) is 15.5. The number of nitrogens with one attached hydrogen (secondary N) is 1. The van der Waals surface area contributed by atoms with E-state index in [0.29, 0.717) is 31.7 Å². The lowest BCUT2D eigenvalue weighted by atomic mass is 9.85. The molecule has 1 fully saturated rings. The first-order chi connectivity index (χ1) is 11.7. The maximum absolute atomic E-state index is 12.8. The van der Waals surface area contributed by atoms with Crippen molar-refractivity contribution in [1.82, 2.24) is 9.21 Å².